The summed E-state index contributed by atoms with van der Waals surface area (Å²) in [6.45, 7) is 49.3. The van der Waals surface area contributed by atoms with E-state index in [2.05, 4.69) is 129 Å². The molecule has 1 N–H and O–H groups in total. The summed E-state index contributed by atoms with van der Waals surface area (Å²) in [5.41, 5.74) is 2.46. The third-order valence-electron chi connectivity index (χ3n) is 4.42. The van der Waals surface area contributed by atoms with Crippen LogP contribution in [0, 0.1) is 27.1 Å². The second-order valence-electron chi connectivity index (χ2n) is 17.4. The molecule has 0 aliphatic carbocycles. The number of rotatable bonds is 1. The van der Waals surface area contributed by atoms with Crippen molar-refractivity contribution in [1.29, 1.82) is 0 Å². The van der Waals surface area contributed by atoms with Crippen molar-refractivity contribution in [3.63, 3.8) is 0 Å². The van der Waals surface area contributed by atoms with Crippen LogP contribution in [0.25, 0.3) is 0 Å². The molecule has 0 unspecified atom stereocenters. The fourth-order valence-electron chi connectivity index (χ4n) is 0. The number of hydrogen-bond donors (Lipinski definition) is 1. The molecule has 0 aromatic rings. The first-order valence-corrected chi connectivity index (χ1v) is 13.8. The van der Waals surface area contributed by atoms with Crippen LogP contribution in [0.5, 0.6) is 0 Å². The van der Waals surface area contributed by atoms with Gasteiger partial charge in [0, 0.05) is 14.2 Å². The second kappa shape index (κ2) is 19.9. The van der Waals surface area contributed by atoms with Crippen molar-refractivity contribution in [1.82, 2.24) is 0 Å². The van der Waals surface area contributed by atoms with Crippen LogP contribution >= 0.6 is 0 Å². The largest absolute Gasteiger partial charge is 0.379 e. The molecular formula is C33H78O3. The van der Waals surface area contributed by atoms with Gasteiger partial charge in [0.1, 0.15) is 0 Å². The topological polar surface area (TPSA) is 38.7 Å². The molecule has 228 valence electrons. The Morgan fingerprint density at radius 1 is 0.444 bits per heavy atom. The number of methoxy groups -OCH3 is 2. The molecule has 0 fully saturated rings. The lowest BCUT2D eigenvalue weighted by Crippen LogP contribution is -2.25. The molecule has 0 rings (SSSR count). The smallest absolute Gasteiger partial charge is 0.159 e. The van der Waals surface area contributed by atoms with E-state index in [4.69, 9.17) is 9.84 Å². The molecule has 0 spiro atoms. The van der Waals surface area contributed by atoms with Gasteiger partial charge in [0.15, 0.2) is 5.79 Å². The average molecular weight is 523 g/mol. The molecule has 0 amide bonds. The molecule has 0 heterocycles. The second-order valence-corrected chi connectivity index (χ2v) is 17.4. The van der Waals surface area contributed by atoms with Crippen LogP contribution in [0.15, 0.2) is 0 Å². The molecule has 3 heteroatoms. The normalized spacial score (nSPS) is 12.5. The molecule has 36 heavy (non-hydrogen) atoms. The maximum atomic E-state index is 8.60. The summed E-state index contributed by atoms with van der Waals surface area (Å²) in [7, 11) is 3.17. The first-order valence-electron chi connectivity index (χ1n) is 13.8. The molecule has 0 saturated heterocycles. The quantitative estimate of drug-likeness (QED) is 0.348. The van der Waals surface area contributed by atoms with E-state index in [-0.39, 0.29) is 5.60 Å². The van der Waals surface area contributed by atoms with Gasteiger partial charge in [0.05, 0.1) is 5.60 Å². The maximum Gasteiger partial charge on any atom is 0.159 e. The van der Waals surface area contributed by atoms with Crippen LogP contribution in [0.1, 0.15) is 166 Å². The predicted molar refractivity (Wildman–Crippen MR) is 169 cm³/mol. The monoisotopic (exact) mass is 523 g/mol. The summed E-state index contributed by atoms with van der Waals surface area (Å²) >= 11 is 0. The van der Waals surface area contributed by atoms with E-state index in [1.54, 1.807) is 21.0 Å². The number of hydrogen-bond acceptors (Lipinski definition) is 3. The van der Waals surface area contributed by atoms with Gasteiger partial charge in [0.25, 0.3) is 0 Å². The Morgan fingerprint density at radius 2 is 0.556 bits per heavy atom. The van der Waals surface area contributed by atoms with Crippen LogP contribution in [-0.2, 0) is 9.47 Å². The zero-order chi connectivity index (χ0) is 31.6. The van der Waals surface area contributed by atoms with E-state index >= 15 is 0 Å². The minimum Gasteiger partial charge on any atom is -0.379 e. The molecule has 0 radical (unpaired) electrons. The summed E-state index contributed by atoms with van der Waals surface area (Å²) in [6.07, 6.45) is 1.27. The fraction of sp³-hybridized carbons (Fsp3) is 1.00. The Hall–Kier alpha value is -0.120. The predicted octanol–water partition coefficient (Wildman–Crippen LogP) is 11.4. The minimum atomic E-state index is -0.958. The molecule has 0 aliphatic rings. The Balaban J connectivity index is -0.0000000756. The Bertz CT molecular complexity index is 373. The first-order chi connectivity index (χ1) is 14.9. The molecule has 3 nitrogen and oxygen atoms in total. The van der Waals surface area contributed by atoms with E-state index in [1.165, 1.54) is 13.5 Å². The standard InChI is InChI=1S/C8H18.C6H14.C5H12O.2C5H12.C4H10O2/c1-7(2,3)8(4,5)6;1-5-6(2,3)4;1-5(2,3)6-4;2*1-5(2,3)4;1-4(2,5)6-3/h1-6H3;5H2,1-4H3;1-4H3;2*1-4H3;5H,1-3H3. The lowest BCUT2D eigenvalue weighted by atomic mass is 9.71. The maximum absolute atomic E-state index is 8.60. The van der Waals surface area contributed by atoms with Gasteiger partial charge in [-0.05, 0) is 61.7 Å². The molecule has 0 aromatic heterocycles. The third kappa shape index (κ3) is 115. The SMILES string of the molecule is CC(C)(C)C.CC(C)(C)C.CC(C)(C)C(C)(C)C.CCC(C)(C)C.COC(C)(C)C.COC(C)(C)O. The number of aliphatic hydroxyl groups is 1. The Morgan fingerprint density at radius 3 is 0.556 bits per heavy atom. The van der Waals surface area contributed by atoms with Crippen molar-refractivity contribution < 1.29 is 14.6 Å². The molecule has 0 aliphatic heterocycles. The van der Waals surface area contributed by atoms with E-state index in [0.29, 0.717) is 27.1 Å². The highest BCUT2D eigenvalue weighted by Gasteiger charge is 2.26. The Kier molecular flexibility index (Phi) is 27.0. The Labute approximate surface area is 232 Å². The highest BCUT2D eigenvalue weighted by Crippen LogP contribution is 2.36. The summed E-state index contributed by atoms with van der Waals surface area (Å²) < 4.78 is 9.43. The molecular weight excluding hydrogens is 444 g/mol. The summed E-state index contributed by atoms with van der Waals surface area (Å²) in [6, 6.07) is 0. The minimum absolute atomic E-state index is 0.0417. The molecule has 0 bridgehead atoms. The lowest BCUT2D eigenvalue weighted by Gasteiger charge is -2.34. The van der Waals surface area contributed by atoms with Crippen molar-refractivity contribution in [3.05, 3.63) is 0 Å². The van der Waals surface area contributed by atoms with Crippen molar-refractivity contribution in [2.24, 2.45) is 27.1 Å². The first kappa shape index (κ1) is 48.9. The van der Waals surface area contributed by atoms with Gasteiger partial charge in [0.2, 0.25) is 0 Å². The van der Waals surface area contributed by atoms with E-state index in [0.717, 1.165) is 0 Å². The number of ether oxygens (including phenoxy) is 2. The van der Waals surface area contributed by atoms with Gasteiger partial charge in [-0.1, -0.05) is 131 Å². The summed E-state index contributed by atoms with van der Waals surface area (Å²) in [4.78, 5) is 0. The van der Waals surface area contributed by atoms with Crippen LogP contribution in [0.2, 0.25) is 0 Å². The van der Waals surface area contributed by atoms with Crippen LogP contribution in [0.3, 0.4) is 0 Å². The van der Waals surface area contributed by atoms with Gasteiger partial charge < -0.3 is 14.6 Å². The average Bonchev–Trinajstić information content (AvgIpc) is 2.49. The lowest BCUT2D eigenvalue weighted by molar-refractivity contribution is -0.155. The summed E-state index contributed by atoms with van der Waals surface area (Å²) in [5.74, 6) is -0.958. The zero-order valence-electron chi connectivity index (χ0n) is 30.5. The van der Waals surface area contributed by atoms with Crippen LogP contribution < -0.4 is 0 Å². The van der Waals surface area contributed by atoms with Crippen molar-refractivity contribution in [2.75, 3.05) is 14.2 Å². The molecule has 0 atom stereocenters. The molecule has 0 aromatic carbocycles. The fourth-order valence-corrected chi connectivity index (χ4v) is 0. The third-order valence-corrected chi connectivity index (χ3v) is 4.42. The van der Waals surface area contributed by atoms with Gasteiger partial charge in [-0.2, -0.15) is 0 Å². The van der Waals surface area contributed by atoms with Crippen LogP contribution in [0.4, 0.5) is 0 Å². The van der Waals surface area contributed by atoms with Gasteiger partial charge in [-0.15, -0.1) is 0 Å². The van der Waals surface area contributed by atoms with Crippen LogP contribution in [-0.4, -0.2) is 30.7 Å². The zero-order valence-corrected chi connectivity index (χ0v) is 30.5. The highest BCUT2D eigenvalue weighted by atomic mass is 16.6. The van der Waals surface area contributed by atoms with Crippen molar-refractivity contribution in [3.8, 4) is 0 Å². The van der Waals surface area contributed by atoms with Gasteiger partial charge in [-0.3, -0.25) is 0 Å². The molecule has 0 saturated carbocycles. The van der Waals surface area contributed by atoms with E-state index in [9.17, 15) is 0 Å². The van der Waals surface area contributed by atoms with E-state index < -0.39 is 5.79 Å². The van der Waals surface area contributed by atoms with Gasteiger partial charge >= 0.3 is 0 Å². The van der Waals surface area contributed by atoms with E-state index in [1.807, 2.05) is 20.8 Å². The van der Waals surface area contributed by atoms with Crippen molar-refractivity contribution >= 4 is 0 Å². The summed E-state index contributed by atoms with van der Waals surface area (Å²) in [5, 5.41) is 8.60. The van der Waals surface area contributed by atoms with Gasteiger partial charge in [-0.25, -0.2) is 0 Å². The van der Waals surface area contributed by atoms with Crippen molar-refractivity contribution in [2.45, 2.75) is 177 Å². The highest BCUT2D eigenvalue weighted by molar-refractivity contribution is 4.77.